The topological polar surface area (TPSA) is 159 Å². The highest BCUT2D eigenvalue weighted by Crippen LogP contribution is 2.20. The third kappa shape index (κ3) is 12.5. The SMILES string of the molecule is CCC(C)NC(=O)C[C@H](O)[C@H](CC(C)C)NC(=O)C(Cc1cscn1)NC(=O)[C@H](Cc1cccc2ccccc12)NC(=O)OCc1ccccc1. The Balaban J connectivity index is 1.56. The molecule has 0 saturated heterocycles. The molecule has 0 bridgehead atoms. The fourth-order valence-corrected chi connectivity index (χ4v) is 6.28. The molecule has 0 radical (unpaired) electrons. The maximum Gasteiger partial charge on any atom is 0.408 e. The van der Waals surface area contributed by atoms with Crippen molar-refractivity contribution in [1.82, 2.24) is 26.3 Å². The van der Waals surface area contributed by atoms with Crippen LogP contribution in [0, 0.1) is 5.92 Å². The van der Waals surface area contributed by atoms with Gasteiger partial charge in [-0.05, 0) is 47.6 Å². The van der Waals surface area contributed by atoms with Gasteiger partial charge in [-0.1, -0.05) is 93.6 Å². The molecular weight excluding hydrogens is 667 g/mol. The Morgan fingerprint density at radius 1 is 0.824 bits per heavy atom. The van der Waals surface area contributed by atoms with Crippen LogP contribution in [0.4, 0.5) is 4.79 Å². The molecule has 0 fully saturated rings. The first-order valence-electron chi connectivity index (χ1n) is 17.4. The second-order valence-corrected chi connectivity index (χ2v) is 14.0. The number of alkyl carbamates (subject to hydrolysis) is 1. The van der Waals surface area contributed by atoms with Crippen LogP contribution in [0.25, 0.3) is 10.8 Å². The predicted molar refractivity (Wildman–Crippen MR) is 199 cm³/mol. The van der Waals surface area contributed by atoms with E-state index in [-0.39, 0.29) is 43.7 Å². The molecule has 0 aliphatic rings. The molecular formula is C39H49N5O6S. The first-order chi connectivity index (χ1) is 24.5. The zero-order valence-corrected chi connectivity index (χ0v) is 30.5. The van der Waals surface area contributed by atoms with Crippen LogP contribution in [-0.4, -0.2) is 64.2 Å². The number of benzene rings is 3. The average Bonchev–Trinajstić information content (AvgIpc) is 3.63. The summed E-state index contributed by atoms with van der Waals surface area (Å²) in [5.74, 6) is -1.36. The van der Waals surface area contributed by atoms with Crippen molar-refractivity contribution in [2.24, 2.45) is 5.92 Å². The minimum Gasteiger partial charge on any atom is -0.445 e. The number of fused-ring (bicyclic) bond motifs is 1. The van der Waals surface area contributed by atoms with Crippen LogP contribution >= 0.6 is 11.3 Å². The minimum absolute atomic E-state index is 0.0130. The van der Waals surface area contributed by atoms with Crippen LogP contribution in [0.3, 0.4) is 0 Å². The first kappa shape index (κ1) is 39.0. The molecule has 5 N–H and O–H groups in total. The van der Waals surface area contributed by atoms with E-state index < -0.39 is 42.1 Å². The van der Waals surface area contributed by atoms with Crippen molar-refractivity contribution in [2.45, 2.75) is 96.7 Å². The smallest absolute Gasteiger partial charge is 0.408 e. The Kier molecular flexibility index (Phi) is 14.9. The number of carbonyl (C=O) groups is 4. The van der Waals surface area contributed by atoms with E-state index in [0.29, 0.717) is 12.1 Å². The predicted octanol–water partition coefficient (Wildman–Crippen LogP) is 5.06. The molecule has 0 aliphatic heterocycles. The molecule has 3 aromatic carbocycles. The van der Waals surface area contributed by atoms with Crippen LogP contribution in [-0.2, 0) is 38.6 Å². The summed E-state index contributed by atoms with van der Waals surface area (Å²) in [4.78, 5) is 58.1. The van der Waals surface area contributed by atoms with E-state index in [1.54, 1.807) is 10.9 Å². The van der Waals surface area contributed by atoms with Crippen LogP contribution < -0.4 is 21.3 Å². The number of aliphatic hydroxyl groups is 1. The molecule has 5 atom stereocenters. The van der Waals surface area contributed by atoms with E-state index in [9.17, 15) is 24.3 Å². The molecule has 0 saturated carbocycles. The monoisotopic (exact) mass is 715 g/mol. The van der Waals surface area contributed by atoms with E-state index in [0.717, 1.165) is 28.3 Å². The molecule has 0 aliphatic carbocycles. The second-order valence-electron chi connectivity index (χ2n) is 13.2. The summed E-state index contributed by atoms with van der Waals surface area (Å²) in [6.07, 6.45) is -0.788. The summed E-state index contributed by atoms with van der Waals surface area (Å²) < 4.78 is 5.47. The van der Waals surface area contributed by atoms with Gasteiger partial charge in [0.05, 0.1) is 29.8 Å². The lowest BCUT2D eigenvalue weighted by Gasteiger charge is -2.29. The molecule has 51 heavy (non-hydrogen) atoms. The van der Waals surface area contributed by atoms with Gasteiger partial charge in [0, 0.05) is 24.3 Å². The quantitative estimate of drug-likeness (QED) is 0.0964. The van der Waals surface area contributed by atoms with Gasteiger partial charge < -0.3 is 31.1 Å². The Labute approximate surface area is 303 Å². The van der Waals surface area contributed by atoms with Gasteiger partial charge in [-0.15, -0.1) is 11.3 Å². The molecule has 4 amide bonds. The molecule has 4 aromatic rings. The molecule has 1 heterocycles. The Morgan fingerprint density at radius 2 is 1.51 bits per heavy atom. The lowest BCUT2D eigenvalue weighted by molar-refractivity contribution is -0.131. The maximum atomic E-state index is 14.1. The van der Waals surface area contributed by atoms with E-state index in [1.807, 2.05) is 100 Å². The second kappa shape index (κ2) is 19.5. The highest BCUT2D eigenvalue weighted by atomic mass is 32.1. The van der Waals surface area contributed by atoms with Crippen LogP contribution in [0.1, 0.15) is 63.8 Å². The highest BCUT2D eigenvalue weighted by Gasteiger charge is 2.32. The zero-order valence-electron chi connectivity index (χ0n) is 29.6. The number of nitrogens with one attached hydrogen (secondary N) is 4. The number of ether oxygens (including phenoxy) is 1. The summed E-state index contributed by atoms with van der Waals surface area (Å²) in [6.45, 7) is 7.77. The summed E-state index contributed by atoms with van der Waals surface area (Å²) in [7, 11) is 0. The molecule has 0 spiro atoms. The van der Waals surface area contributed by atoms with Crippen molar-refractivity contribution in [3.63, 3.8) is 0 Å². The highest BCUT2D eigenvalue weighted by molar-refractivity contribution is 7.07. The summed E-state index contributed by atoms with van der Waals surface area (Å²) in [6, 6.07) is 19.7. The standard InChI is InChI=1S/C39H49N5O6S/c1-5-26(4)41-36(46)21-35(45)32(18-25(2)3)42-38(48)34(20-30-23-51-24-40-30)43-37(47)33(44-39(49)50-22-27-12-7-6-8-13-27)19-29-16-11-15-28-14-9-10-17-31(28)29/h6-17,23-26,32-35,45H,5,18-22H2,1-4H3,(H,41,46)(H,42,48)(H,43,47)(H,44,49)/t26?,32-,33-,34?,35-/m0/s1. The van der Waals surface area contributed by atoms with E-state index in [2.05, 4.69) is 26.3 Å². The van der Waals surface area contributed by atoms with E-state index in [1.165, 1.54) is 11.3 Å². The number of hydrogen-bond acceptors (Lipinski definition) is 8. The Bertz CT molecular complexity index is 1710. The maximum absolute atomic E-state index is 14.1. The normalized spacial score (nSPS) is 14.2. The van der Waals surface area contributed by atoms with Gasteiger partial charge in [-0.3, -0.25) is 14.4 Å². The number of hydrogen-bond donors (Lipinski definition) is 5. The largest absolute Gasteiger partial charge is 0.445 e. The molecule has 4 rings (SSSR count). The fourth-order valence-electron chi connectivity index (χ4n) is 5.71. The van der Waals surface area contributed by atoms with E-state index >= 15 is 0 Å². The number of nitrogens with zero attached hydrogens (tertiary/aromatic N) is 1. The number of aromatic nitrogens is 1. The number of thiazole rings is 1. The first-order valence-corrected chi connectivity index (χ1v) is 18.4. The molecule has 272 valence electrons. The molecule has 12 heteroatoms. The van der Waals surface area contributed by atoms with Crippen molar-refractivity contribution < 1.29 is 29.0 Å². The molecule has 11 nitrogen and oxygen atoms in total. The van der Waals surface area contributed by atoms with Crippen molar-refractivity contribution in [2.75, 3.05) is 0 Å². The third-order valence-electron chi connectivity index (χ3n) is 8.59. The van der Waals surface area contributed by atoms with Crippen LogP contribution in [0.15, 0.2) is 83.7 Å². The molecule has 1 aromatic heterocycles. The van der Waals surface area contributed by atoms with Crippen molar-refractivity contribution in [1.29, 1.82) is 0 Å². The third-order valence-corrected chi connectivity index (χ3v) is 9.22. The summed E-state index contributed by atoms with van der Waals surface area (Å²) in [5, 5.41) is 26.2. The lowest BCUT2D eigenvalue weighted by atomic mass is 9.96. The Morgan fingerprint density at radius 3 is 2.22 bits per heavy atom. The summed E-state index contributed by atoms with van der Waals surface area (Å²) >= 11 is 1.36. The van der Waals surface area contributed by atoms with Gasteiger partial charge in [0.1, 0.15) is 18.7 Å². The number of carbonyl (C=O) groups excluding carboxylic acids is 4. The van der Waals surface area contributed by atoms with Gasteiger partial charge in [0.2, 0.25) is 17.7 Å². The van der Waals surface area contributed by atoms with Crippen molar-refractivity contribution in [3.8, 4) is 0 Å². The fraction of sp³-hybridized carbons (Fsp3) is 0.410. The van der Waals surface area contributed by atoms with Gasteiger partial charge in [0.15, 0.2) is 0 Å². The lowest BCUT2D eigenvalue weighted by Crippen LogP contribution is -2.57. The van der Waals surface area contributed by atoms with Crippen molar-refractivity contribution in [3.05, 3.63) is 101 Å². The zero-order chi connectivity index (χ0) is 36.8. The van der Waals surface area contributed by atoms with Gasteiger partial charge in [-0.25, -0.2) is 9.78 Å². The Hall–Kier alpha value is -4.81. The van der Waals surface area contributed by atoms with Crippen molar-refractivity contribution >= 4 is 45.9 Å². The van der Waals surface area contributed by atoms with Crippen LogP contribution in [0.2, 0.25) is 0 Å². The van der Waals surface area contributed by atoms with Gasteiger partial charge in [0.25, 0.3) is 0 Å². The minimum atomic E-state index is -1.16. The number of rotatable bonds is 18. The summed E-state index contributed by atoms with van der Waals surface area (Å²) in [5.41, 5.74) is 3.85. The van der Waals surface area contributed by atoms with Crippen LogP contribution in [0.5, 0.6) is 0 Å². The van der Waals surface area contributed by atoms with E-state index in [4.69, 9.17) is 4.74 Å². The average molecular weight is 716 g/mol. The van der Waals surface area contributed by atoms with Gasteiger partial charge >= 0.3 is 6.09 Å². The van der Waals surface area contributed by atoms with Gasteiger partial charge in [-0.2, -0.15) is 0 Å². The molecule has 2 unspecified atom stereocenters. The number of aliphatic hydroxyl groups excluding tert-OH is 1. The number of amides is 4.